The van der Waals surface area contributed by atoms with Crippen LogP contribution in [-0.4, -0.2) is 27.0 Å². The third-order valence-electron chi connectivity index (χ3n) is 2.08. The lowest BCUT2D eigenvalue weighted by molar-refractivity contribution is -0.0500. The number of alkyl halides is 3. The third kappa shape index (κ3) is 3.37. The predicted molar refractivity (Wildman–Crippen MR) is 58.1 cm³/mol. The van der Waals surface area contributed by atoms with Gasteiger partial charge in [0.25, 0.3) is 0 Å². The van der Waals surface area contributed by atoms with Crippen molar-refractivity contribution in [1.29, 1.82) is 0 Å². The molecule has 5 nitrogen and oxygen atoms in total. The molecule has 0 bridgehead atoms. The molecule has 0 amide bonds. The van der Waals surface area contributed by atoms with E-state index in [1.54, 1.807) is 0 Å². The Morgan fingerprint density at radius 1 is 1.26 bits per heavy atom. The maximum absolute atomic E-state index is 12.1. The maximum Gasteiger partial charge on any atom is 0.534 e. The minimum atomic E-state index is -5.73. The van der Waals surface area contributed by atoms with Crippen LogP contribution in [0.1, 0.15) is 15.9 Å². The molecule has 0 radical (unpaired) electrons. The molecular formula is C10H9F3O5S. The highest BCUT2D eigenvalue weighted by atomic mass is 32.2. The van der Waals surface area contributed by atoms with Crippen molar-refractivity contribution in [3.05, 3.63) is 29.3 Å². The van der Waals surface area contributed by atoms with E-state index in [1.165, 1.54) is 6.92 Å². The van der Waals surface area contributed by atoms with Gasteiger partial charge in [0, 0.05) is 0 Å². The second kappa shape index (κ2) is 5.08. The molecule has 106 valence electrons. The molecule has 0 atom stereocenters. The monoisotopic (exact) mass is 298 g/mol. The summed E-state index contributed by atoms with van der Waals surface area (Å²) in [5.74, 6) is -1.21. The summed E-state index contributed by atoms with van der Waals surface area (Å²) in [6.07, 6.45) is 0. The van der Waals surface area contributed by atoms with Crippen LogP contribution >= 0.6 is 0 Å². The molecule has 1 aromatic carbocycles. The summed E-state index contributed by atoms with van der Waals surface area (Å²) in [7, 11) is -4.59. The summed E-state index contributed by atoms with van der Waals surface area (Å²) < 4.78 is 66.4. The van der Waals surface area contributed by atoms with Gasteiger partial charge in [0.1, 0.15) is 5.75 Å². The molecular weight excluding hydrogens is 289 g/mol. The van der Waals surface area contributed by atoms with Crippen LogP contribution in [0.15, 0.2) is 18.2 Å². The molecule has 0 spiro atoms. The first-order valence-corrected chi connectivity index (χ1v) is 6.19. The molecule has 0 unspecified atom stereocenters. The zero-order valence-corrected chi connectivity index (χ0v) is 10.6. The van der Waals surface area contributed by atoms with E-state index >= 15 is 0 Å². The minimum Gasteiger partial charge on any atom is -0.465 e. The number of hydrogen-bond acceptors (Lipinski definition) is 5. The molecule has 0 heterocycles. The zero-order chi connectivity index (χ0) is 14.8. The molecule has 0 aromatic heterocycles. The van der Waals surface area contributed by atoms with Crippen molar-refractivity contribution in [3.8, 4) is 5.75 Å². The van der Waals surface area contributed by atoms with Crippen LogP contribution in [0.25, 0.3) is 0 Å². The summed E-state index contributed by atoms with van der Waals surface area (Å²) >= 11 is 0. The van der Waals surface area contributed by atoms with Crippen LogP contribution in [0.3, 0.4) is 0 Å². The fraction of sp³-hybridized carbons (Fsp3) is 0.300. The number of aryl methyl sites for hydroxylation is 1. The van der Waals surface area contributed by atoms with E-state index in [0.29, 0.717) is 0 Å². The topological polar surface area (TPSA) is 69.7 Å². The van der Waals surface area contributed by atoms with Crippen molar-refractivity contribution >= 4 is 16.1 Å². The highest BCUT2D eigenvalue weighted by Gasteiger charge is 2.48. The van der Waals surface area contributed by atoms with Crippen LogP contribution in [0.2, 0.25) is 0 Å². The number of benzene rings is 1. The number of carbonyl (C=O) groups excluding carboxylic acids is 1. The van der Waals surface area contributed by atoms with E-state index in [-0.39, 0.29) is 11.1 Å². The Bertz CT molecular complexity index is 592. The predicted octanol–water partition coefficient (Wildman–Crippen LogP) is 2.01. The molecule has 1 aromatic rings. The molecule has 0 aliphatic rings. The number of carbonyl (C=O) groups is 1. The summed E-state index contributed by atoms with van der Waals surface area (Å²) in [5, 5.41) is 0. The normalized spacial score (nSPS) is 12.1. The first-order valence-electron chi connectivity index (χ1n) is 4.78. The lowest BCUT2D eigenvalue weighted by atomic mass is 10.1. The summed E-state index contributed by atoms with van der Waals surface area (Å²) in [6, 6.07) is 3.21. The fourth-order valence-electron chi connectivity index (χ4n) is 1.15. The standard InChI is InChI=1S/C10H9F3O5S/c1-6-5-7(9(14)17-2)3-4-8(6)18-19(15,16)10(11,12)13/h3-5H,1-2H3. The largest absolute Gasteiger partial charge is 0.534 e. The summed E-state index contributed by atoms with van der Waals surface area (Å²) in [4.78, 5) is 11.2. The van der Waals surface area contributed by atoms with Crippen LogP contribution in [0.4, 0.5) is 13.2 Å². The lowest BCUT2D eigenvalue weighted by Gasteiger charge is -2.11. The quantitative estimate of drug-likeness (QED) is 0.485. The van der Waals surface area contributed by atoms with Crippen LogP contribution in [0, 0.1) is 6.92 Å². The molecule has 0 aliphatic heterocycles. The van der Waals surface area contributed by atoms with Gasteiger partial charge < -0.3 is 8.92 Å². The zero-order valence-electron chi connectivity index (χ0n) is 9.82. The van der Waals surface area contributed by atoms with Gasteiger partial charge >= 0.3 is 21.6 Å². The van der Waals surface area contributed by atoms with Gasteiger partial charge in [-0.05, 0) is 30.7 Å². The van der Waals surface area contributed by atoms with Gasteiger partial charge in [0.05, 0.1) is 12.7 Å². The number of halogens is 3. The molecule has 0 N–H and O–H groups in total. The average molecular weight is 298 g/mol. The average Bonchev–Trinajstić information content (AvgIpc) is 2.29. The van der Waals surface area contributed by atoms with E-state index in [2.05, 4.69) is 8.92 Å². The SMILES string of the molecule is COC(=O)c1ccc(OS(=O)(=O)C(F)(F)F)c(C)c1. The third-order valence-corrected chi connectivity index (χ3v) is 3.04. The second-order valence-electron chi connectivity index (χ2n) is 3.46. The Kier molecular flexibility index (Phi) is 4.09. The number of esters is 1. The van der Waals surface area contributed by atoms with Crippen LogP contribution < -0.4 is 4.18 Å². The van der Waals surface area contributed by atoms with Gasteiger partial charge in [-0.3, -0.25) is 0 Å². The number of hydrogen-bond donors (Lipinski definition) is 0. The van der Waals surface area contributed by atoms with Crippen molar-refractivity contribution < 1.29 is 35.3 Å². The van der Waals surface area contributed by atoms with Gasteiger partial charge in [0.2, 0.25) is 0 Å². The van der Waals surface area contributed by atoms with Crippen molar-refractivity contribution in [1.82, 2.24) is 0 Å². The van der Waals surface area contributed by atoms with Crippen molar-refractivity contribution in [2.45, 2.75) is 12.4 Å². The van der Waals surface area contributed by atoms with Gasteiger partial charge in [-0.2, -0.15) is 21.6 Å². The van der Waals surface area contributed by atoms with E-state index in [4.69, 9.17) is 0 Å². The molecule has 1 rings (SSSR count). The minimum absolute atomic E-state index is 0.0516. The van der Waals surface area contributed by atoms with Crippen molar-refractivity contribution in [3.63, 3.8) is 0 Å². The van der Waals surface area contributed by atoms with E-state index < -0.39 is 27.3 Å². The van der Waals surface area contributed by atoms with Gasteiger partial charge in [0.15, 0.2) is 0 Å². The molecule has 0 saturated heterocycles. The number of methoxy groups -OCH3 is 1. The molecule has 9 heteroatoms. The number of ether oxygens (including phenoxy) is 1. The van der Waals surface area contributed by atoms with Crippen molar-refractivity contribution in [2.24, 2.45) is 0 Å². The Labute approximate surface area is 107 Å². The summed E-state index contributed by atoms with van der Waals surface area (Å²) in [6.45, 7) is 1.30. The highest BCUT2D eigenvalue weighted by Crippen LogP contribution is 2.29. The van der Waals surface area contributed by atoms with Crippen LogP contribution in [-0.2, 0) is 14.9 Å². The Hall–Kier alpha value is -1.77. The van der Waals surface area contributed by atoms with Gasteiger partial charge in [-0.1, -0.05) is 0 Å². The molecule has 19 heavy (non-hydrogen) atoms. The Morgan fingerprint density at radius 3 is 2.26 bits per heavy atom. The highest BCUT2D eigenvalue weighted by molar-refractivity contribution is 7.88. The van der Waals surface area contributed by atoms with Gasteiger partial charge in [-0.15, -0.1) is 0 Å². The Morgan fingerprint density at radius 2 is 1.84 bits per heavy atom. The molecule has 0 aliphatic carbocycles. The maximum atomic E-state index is 12.1. The second-order valence-corrected chi connectivity index (χ2v) is 4.99. The Balaban J connectivity index is 3.09. The van der Waals surface area contributed by atoms with Crippen molar-refractivity contribution in [2.75, 3.05) is 7.11 Å². The lowest BCUT2D eigenvalue weighted by Crippen LogP contribution is -2.28. The first kappa shape index (κ1) is 15.3. The molecule has 0 fully saturated rings. The van der Waals surface area contributed by atoms with Gasteiger partial charge in [-0.25, -0.2) is 4.79 Å². The summed E-state index contributed by atoms with van der Waals surface area (Å²) in [5.41, 5.74) is -5.40. The first-order chi connectivity index (χ1) is 8.58. The molecule has 0 saturated carbocycles. The smallest absolute Gasteiger partial charge is 0.465 e. The number of rotatable bonds is 3. The van der Waals surface area contributed by atoms with Crippen LogP contribution in [0.5, 0.6) is 5.75 Å². The van der Waals surface area contributed by atoms with E-state index in [9.17, 15) is 26.4 Å². The fourth-order valence-corrected chi connectivity index (χ4v) is 1.67. The van der Waals surface area contributed by atoms with E-state index in [1.807, 2.05) is 0 Å². The van der Waals surface area contributed by atoms with E-state index in [0.717, 1.165) is 25.3 Å².